The minimum Gasteiger partial charge on any atom is -0.397 e. The SMILES string of the molecule is Nc1cccc(C(F)(F)F)c1NCc1ccccc1. The van der Waals surface area contributed by atoms with Gasteiger partial charge < -0.3 is 11.1 Å². The Hall–Kier alpha value is -2.17. The molecule has 0 aromatic heterocycles. The maximum atomic E-state index is 12.9. The molecule has 0 spiro atoms. The van der Waals surface area contributed by atoms with Gasteiger partial charge in [0.05, 0.1) is 16.9 Å². The Morgan fingerprint density at radius 2 is 1.63 bits per heavy atom. The quantitative estimate of drug-likeness (QED) is 0.827. The lowest BCUT2D eigenvalue weighted by Crippen LogP contribution is -2.12. The van der Waals surface area contributed by atoms with Crippen LogP contribution in [0.25, 0.3) is 0 Å². The van der Waals surface area contributed by atoms with E-state index in [1.807, 2.05) is 30.3 Å². The normalized spacial score (nSPS) is 11.3. The van der Waals surface area contributed by atoms with Crippen LogP contribution in [0.4, 0.5) is 24.5 Å². The molecule has 3 N–H and O–H groups in total. The standard InChI is InChI=1S/C14H13F3N2/c15-14(16,17)11-7-4-8-12(18)13(11)19-9-10-5-2-1-3-6-10/h1-8,19H,9,18H2. The topological polar surface area (TPSA) is 38.0 Å². The number of para-hydroxylation sites is 1. The number of hydrogen-bond acceptors (Lipinski definition) is 2. The van der Waals surface area contributed by atoms with Gasteiger partial charge in [0.2, 0.25) is 0 Å². The number of anilines is 2. The molecular weight excluding hydrogens is 253 g/mol. The minimum absolute atomic E-state index is 0.0705. The summed E-state index contributed by atoms with van der Waals surface area (Å²) in [6.45, 7) is 0.290. The van der Waals surface area contributed by atoms with Crippen molar-refractivity contribution >= 4 is 11.4 Å². The summed E-state index contributed by atoms with van der Waals surface area (Å²) in [6.07, 6.45) is -4.42. The van der Waals surface area contributed by atoms with Crippen LogP contribution in [0.15, 0.2) is 48.5 Å². The maximum Gasteiger partial charge on any atom is 0.418 e. The molecule has 19 heavy (non-hydrogen) atoms. The second-order valence-corrected chi connectivity index (χ2v) is 4.11. The smallest absolute Gasteiger partial charge is 0.397 e. The predicted octanol–water partition coefficient (Wildman–Crippen LogP) is 3.90. The van der Waals surface area contributed by atoms with Crippen LogP contribution in [0.3, 0.4) is 0 Å². The Balaban J connectivity index is 2.25. The van der Waals surface area contributed by atoms with Gasteiger partial charge in [-0.1, -0.05) is 36.4 Å². The van der Waals surface area contributed by atoms with Crippen LogP contribution in [-0.2, 0) is 12.7 Å². The van der Waals surface area contributed by atoms with Gasteiger partial charge in [-0.25, -0.2) is 0 Å². The Morgan fingerprint density at radius 3 is 2.26 bits per heavy atom. The highest BCUT2D eigenvalue weighted by Crippen LogP contribution is 2.37. The molecule has 0 amide bonds. The summed E-state index contributed by atoms with van der Waals surface area (Å²) >= 11 is 0. The average molecular weight is 266 g/mol. The maximum absolute atomic E-state index is 12.9. The van der Waals surface area contributed by atoms with Gasteiger partial charge in [0.15, 0.2) is 0 Å². The Kier molecular flexibility index (Phi) is 3.64. The molecule has 0 saturated heterocycles. The highest BCUT2D eigenvalue weighted by Gasteiger charge is 2.34. The molecule has 0 aliphatic rings. The van der Waals surface area contributed by atoms with Gasteiger partial charge in [0.25, 0.3) is 0 Å². The minimum atomic E-state index is -4.42. The van der Waals surface area contributed by atoms with Gasteiger partial charge in [-0.3, -0.25) is 0 Å². The van der Waals surface area contributed by atoms with Gasteiger partial charge in [0, 0.05) is 6.54 Å². The van der Waals surface area contributed by atoms with Crippen molar-refractivity contribution in [3.05, 3.63) is 59.7 Å². The van der Waals surface area contributed by atoms with E-state index in [4.69, 9.17) is 5.73 Å². The third-order valence-electron chi connectivity index (χ3n) is 2.71. The molecule has 0 unspecified atom stereocenters. The van der Waals surface area contributed by atoms with Crippen LogP contribution < -0.4 is 11.1 Å². The van der Waals surface area contributed by atoms with Gasteiger partial charge in [-0.15, -0.1) is 0 Å². The van der Waals surface area contributed by atoms with Crippen LogP contribution >= 0.6 is 0 Å². The van der Waals surface area contributed by atoms with E-state index >= 15 is 0 Å². The van der Waals surface area contributed by atoms with E-state index in [-0.39, 0.29) is 17.9 Å². The summed E-state index contributed by atoms with van der Waals surface area (Å²) in [6, 6.07) is 12.9. The number of alkyl halides is 3. The van der Waals surface area contributed by atoms with Crippen molar-refractivity contribution in [2.24, 2.45) is 0 Å². The molecule has 0 aliphatic heterocycles. The molecule has 2 rings (SSSR count). The molecule has 2 aromatic carbocycles. The zero-order chi connectivity index (χ0) is 13.9. The van der Waals surface area contributed by atoms with E-state index in [0.29, 0.717) is 0 Å². The predicted molar refractivity (Wildman–Crippen MR) is 69.6 cm³/mol. The van der Waals surface area contributed by atoms with Crippen LogP contribution in [0.2, 0.25) is 0 Å². The monoisotopic (exact) mass is 266 g/mol. The molecule has 0 saturated carbocycles. The summed E-state index contributed by atoms with van der Waals surface area (Å²) < 4.78 is 38.6. The first-order chi connectivity index (χ1) is 8.98. The first kappa shape index (κ1) is 13.3. The summed E-state index contributed by atoms with van der Waals surface area (Å²) in [5.41, 5.74) is 5.78. The fourth-order valence-corrected chi connectivity index (χ4v) is 1.79. The van der Waals surface area contributed by atoms with E-state index in [9.17, 15) is 13.2 Å². The summed E-state index contributed by atoms with van der Waals surface area (Å²) in [5, 5.41) is 2.76. The lowest BCUT2D eigenvalue weighted by atomic mass is 10.1. The lowest BCUT2D eigenvalue weighted by molar-refractivity contribution is -0.136. The van der Waals surface area contributed by atoms with Crippen molar-refractivity contribution in [1.82, 2.24) is 0 Å². The molecule has 0 fully saturated rings. The van der Waals surface area contributed by atoms with Crippen molar-refractivity contribution in [3.8, 4) is 0 Å². The van der Waals surface area contributed by atoms with Crippen molar-refractivity contribution in [2.45, 2.75) is 12.7 Å². The largest absolute Gasteiger partial charge is 0.418 e. The molecule has 0 atom stereocenters. The Morgan fingerprint density at radius 1 is 0.947 bits per heavy atom. The van der Waals surface area contributed by atoms with Gasteiger partial charge >= 0.3 is 6.18 Å². The van der Waals surface area contributed by atoms with Crippen molar-refractivity contribution in [3.63, 3.8) is 0 Å². The summed E-state index contributed by atoms with van der Waals surface area (Å²) in [4.78, 5) is 0. The van der Waals surface area contributed by atoms with Crippen LogP contribution in [0.5, 0.6) is 0 Å². The second-order valence-electron chi connectivity index (χ2n) is 4.11. The molecule has 2 aromatic rings. The number of benzene rings is 2. The van der Waals surface area contributed by atoms with Crippen molar-refractivity contribution < 1.29 is 13.2 Å². The zero-order valence-electron chi connectivity index (χ0n) is 10.0. The Bertz CT molecular complexity index is 550. The van der Waals surface area contributed by atoms with Crippen LogP contribution in [-0.4, -0.2) is 0 Å². The number of rotatable bonds is 3. The van der Waals surface area contributed by atoms with E-state index in [0.717, 1.165) is 11.6 Å². The number of nitrogen functional groups attached to an aromatic ring is 1. The van der Waals surface area contributed by atoms with Gasteiger partial charge in [0.1, 0.15) is 0 Å². The second kappa shape index (κ2) is 5.22. The van der Waals surface area contributed by atoms with E-state index in [2.05, 4.69) is 5.32 Å². The highest BCUT2D eigenvalue weighted by atomic mass is 19.4. The molecule has 5 heteroatoms. The molecule has 0 radical (unpaired) electrons. The van der Waals surface area contributed by atoms with E-state index < -0.39 is 11.7 Å². The van der Waals surface area contributed by atoms with Crippen molar-refractivity contribution in [1.29, 1.82) is 0 Å². The Labute approximate surface area is 109 Å². The third kappa shape index (κ3) is 3.19. The first-order valence-corrected chi connectivity index (χ1v) is 5.72. The fraction of sp³-hybridized carbons (Fsp3) is 0.143. The zero-order valence-corrected chi connectivity index (χ0v) is 10.0. The van der Waals surface area contributed by atoms with Crippen molar-refractivity contribution in [2.75, 3.05) is 11.1 Å². The van der Waals surface area contributed by atoms with E-state index in [1.54, 1.807) is 0 Å². The first-order valence-electron chi connectivity index (χ1n) is 5.72. The highest BCUT2D eigenvalue weighted by molar-refractivity contribution is 5.71. The summed E-state index contributed by atoms with van der Waals surface area (Å²) in [5.74, 6) is 0. The number of nitrogens with one attached hydrogen (secondary N) is 1. The van der Waals surface area contributed by atoms with Crippen LogP contribution in [0.1, 0.15) is 11.1 Å². The molecule has 0 aliphatic carbocycles. The number of hydrogen-bond donors (Lipinski definition) is 2. The molecule has 0 heterocycles. The van der Waals surface area contributed by atoms with Crippen LogP contribution in [0, 0.1) is 0 Å². The van der Waals surface area contributed by atoms with Gasteiger partial charge in [-0.2, -0.15) is 13.2 Å². The molecule has 0 bridgehead atoms. The average Bonchev–Trinajstić information content (AvgIpc) is 2.37. The lowest BCUT2D eigenvalue weighted by Gasteiger charge is -2.16. The van der Waals surface area contributed by atoms with Gasteiger partial charge in [-0.05, 0) is 17.7 Å². The molecule has 2 nitrogen and oxygen atoms in total. The third-order valence-corrected chi connectivity index (χ3v) is 2.71. The number of nitrogens with two attached hydrogens (primary N) is 1. The summed E-state index contributed by atoms with van der Waals surface area (Å²) in [7, 11) is 0. The fourth-order valence-electron chi connectivity index (χ4n) is 1.79. The number of halogens is 3. The van der Waals surface area contributed by atoms with E-state index in [1.165, 1.54) is 12.1 Å². The molecule has 100 valence electrons. The molecular formula is C14H13F3N2.